The number of ether oxygens (including phenoxy) is 1. The van der Waals surface area contributed by atoms with E-state index in [2.05, 4.69) is 6.92 Å². The van der Waals surface area contributed by atoms with Gasteiger partial charge in [-0.05, 0) is 47.0 Å². The van der Waals surface area contributed by atoms with Crippen molar-refractivity contribution in [2.75, 3.05) is 26.4 Å². The normalized spacial score (nSPS) is 12.9. The van der Waals surface area contributed by atoms with Gasteiger partial charge in [-0.3, -0.25) is 4.79 Å². The maximum Gasteiger partial charge on any atom is 0.501 e. The van der Waals surface area contributed by atoms with Crippen molar-refractivity contribution in [3.63, 3.8) is 0 Å². The van der Waals surface area contributed by atoms with Crippen molar-refractivity contribution in [3.05, 3.63) is 0 Å². The summed E-state index contributed by atoms with van der Waals surface area (Å²) >= 11 is 5.31. The zero-order valence-electron chi connectivity index (χ0n) is 15.9. The molecule has 0 amide bonds. The van der Waals surface area contributed by atoms with Gasteiger partial charge < -0.3 is 18.0 Å². The molecule has 0 saturated heterocycles. The minimum Gasteiger partial charge on any atom is -0.465 e. The summed E-state index contributed by atoms with van der Waals surface area (Å²) in [6.07, 6.45) is 3.55. The van der Waals surface area contributed by atoms with E-state index < -0.39 is 8.80 Å². The molecular formula is C17H34O5SSi. The fraction of sp³-hybridized carbons (Fsp3) is 0.882. The minimum atomic E-state index is -2.65. The van der Waals surface area contributed by atoms with Crippen molar-refractivity contribution in [2.45, 2.75) is 66.3 Å². The Labute approximate surface area is 153 Å². The van der Waals surface area contributed by atoms with Crippen LogP contribution in [0.25, 0.3) is 0 Å². The van der Waals surface area contributed by atoms with Gasteiger partial charge in [-0.1, -0.05) is 25.6 Å². The molecule has 142 valence electrons. The van der Waals surface area contributed by atoms with Crippen LogP contribution >= 0.6 is 12.2 Å². The van der Waals surface area contributed by atoms with Crippen LogP contribution in [0.5, 0.6) is 0 Å². The molecule has 24 heavy (non-hydrogen) atoms. The highest BCUT2D eigenvalue weighted by molar-refractivity contribution is 7.80. The lowest BCUT2D eigenvalue weighted by atomic mass is 10.0. The average Bonchev–Trinajstić information content (AvgIpc) is 2.56. The lowest BCUT2D eigenvalue weighted by molar-refractivity contribution is -0.145. The zero-order valence-corrected chi connectivity index (χ0v) is 17.7. The number of hydrogen-bond donors (Lipinski definition) is 0. The van der Waals surface area contributed by atoms with E-state index in [4.69, 9.17) is 30.2 Å². The first-order valence-corrected chi connectivity index (χ1v) is 11.4. The summed E-state index contributed by atoms with van der Waals surface area (Å²) in [6, 6.07) is 0.643. The Bertz CT molecular complexity index is 348. The number of rotatable bonds is 15. The molecular weight excluding hydrogens is 344 g/mol. The van der Waals surface area contributed by atoms with E-state index >= 15 is 0 Å². The Morgan fingerprint density at radius 3 is 2.00 bits per heavy atom. The molecule has 0 bridgehead atoms. The van der Waals surface area contributed by atoms with Crippen LogP contribution in [0, 0.1) is 5.92 Å². The van der Waals surface area contributed by atoms with Crippen LogP contribution in [-0.2, 0) is 22.8 Å². The highest BCUT2D eigenvalue weighted by Crippen LogP contribution is 2.18. The second-order valence-corrected chi connectivity index (χ2v) is 8.80. The van der Waals surface area contributed by atoms with Gasteiger partial charge in [0, 0.05) is 30.7 Å². The SMILES string of the molecule is CCCCC(=S)C(C)C(=O)OCCC[Si](OCC)(OCC)OCC. The number of hydrogen-bond acceptors (Lipinski definition) is 6. The summed E-state index contributed by atoms with van der Waals surface area (Å²) in [7, 11) is -2.65. The van der Waals surface area contributed by atoms with Crippen LogP contribution in [0.4, 0.5) is 0 Å². The third-order valence-corrected chi connectivity index (χ3v) is 7.29. The van der Waals surface area contributed by atoms with Crippen molar-refractivity contribution in [2.24, 2.45) is 5.92 Å². The molecule has 0 aliphatic carbocycles. The largest absolute Gasteiger partial charge is 0.501 e. The van der Waals surface area contributed by atoms with E-state index in [9.17, 15) is 4.79 Å². The van der Waals surface area contributed by atoms with E-state index in [1.807, 2.05) is 27.7 Å². The van der Waals surface area contributed by atoms with Crippen LogP contribution in [-0.4, -0.2) is 46.1 Å². The van der Waals surface area contributed by atoms with Crippen molar-refractivity contribution < 1.29 is 22.8 Å². The van der Waals surface area contributed by atoms with Crippen LogP contribution in [0.3, 0.4) is 0 Å². The molecule has 0 N–H and O–H groups in total. The summed E-state index contributed by atoms with van der Waals surface area (Å²) in [4.78, 5) is 12.8. The fourth-order valence-corrected chi connectivity index (χ4v) is 5.11. The first-order valence-electron chi connectivity index (χ1n) is 9.07. The minimum absolute atomic E-state index is 0.243. The number of unbranched alkanes of at least 4 members (excludes halogenated alkanes) is 1. The maximum absolute atomic E-state index is 12.1. The Morgan fingerprint density at radius 1 is 1.00 bits per heavy atom. The second-order valence-electron chi connectivity index (χ2n) is 5.54. The van der Waals surface area contributed by atoms with Gasteiger partial charge in [-0.25, -0.2) is 0 Å². The van der Waals surface area contributed by atoms with Crippen molar-refractivity contribution in [1.29, 1.82) is 0 Å². The molecule has 5 nitrogen and oxygen atoms in total. The Morgan fingerprint density at radius 2 is 1.54 bits per heavy atom. The van der Waals surface area contributed by atoms with Crippen molar-refractivity contribution >= 4 is 31.9 Å². The van der Waals surface area contributed by atoms with Crippen molar-refractivity contribution in [1.82, 2.24) is 0 Å². The van der Waals surface area contributed by atoms with Crippen LogP contribution in [0.1, 0.15) is 60.3 Å². The van der Waals surface area contributed by atoms with E-state index in [1.54, 1.807) is 0 Å². The highest BCUT2D eigenvalue weighted by atomic mass is 32.1. The molecule has 1 atom stereocenters. The predicted octanol–water partition coefficient (Wildman–Crippen LogP) is 4.16. The van der Waals surface area contributed by atoms with E-state index in [-0.39, 0.29) is 11.9 Å². The average molecular weight is 379 g/mol. The Balaban J connectivity index is 4.31. The molecule has 0 fully saturated rings. The van der Waals surface area contributed by atoms with Gasteiger partial charge in [0.25, 0.3) is 0 Å². The second kappa shape index (κ2) is 13.9. The molecule has 0 rings (SSSR count). The maximum atomic E-state index is 12.1. The van der Waals surface area contributed by atoms with E-state index in [0.717, 1.165) is 24.1 Å². The summed E-state index contributed by atoms with van der Waals surface area (Å²) in [5.41, 5.74) is 0. The lowest BCUT2D eigenvalue weighted by Gasteiger charge is -2.28. The molecule has 0 saturated carbocycles. The van der Waals surface area contributed by atoms with Gasteiger partial charge in [0.1, 0.15) is 0 Å². The summed E-state index contributed by atoms with van der Waals surface area (Å²) in [5.74, 6) is -0.563. The molecule has 1 unspecified atom stereocenters. The highest BCUT2D eigenvalue weighted by Gasteiger charge is 2.39. The Kier molecular flexibility index (Phi) is 13.7. The molecule has 0 aliphatic rings. The quantitative estimate of drug-likeness (QED) is 0.185. The van der Waals surface area contributed by atoms with E-state index in [0.29, 0.717) is 38.9 Å². The molecule has 0 aromatic rings. The third-order valence-electron chi connectivity index (χ3n) is 3.58. The van der Waals surface area contributed by atoms with Gasteiger partial charge >= 0.3 is 14.8 Å². The predicted molar refractivity (Wildman–Crippen MR) is 102 cm³/mol. The summed E-state index contributed by atoms with van der Waals surface area (Å²) in [5, 5.41) is 0. The van der Waals surface area contributed by atoms with Crippen LogP contribution < -0.4 is 0 Å². The molecule has 7 heteroatoms. The van der Waals surface area contributed by atoms with Gasteiger partial charge in [0.2, 0.25) is 0 Å². The lowest BCUT2D eigenvalue weighted by Crippen LogP contribution is -2.46. The summed E-state index contributed by atoms with van der Waals surface area (Å²) in [6.45, 7) is 11.7. The smallest absolute Gasteiger partial charge is 0.465 e. The first kappa shape index (κ1) is 23.7. The molecule has 0 aliphatic heterocycles. The van der Waals surface area contributed by atoms with Crippen LogP contribution in [0.2, 0.25) is 6.04 Å². The summed E-state index contributed by atoms with van der Waals surface area (Å²) < 4.78 is 22.7. The standard InChI is InChI=1S/C17H34O5SSi/c1-6-10-12-16(23)15(5)17(18)19-13-11-14-24(20-7-2,21-8-3)22-9-4/h15H,6-14H2,1-5H3. The van der Waals surface area contributed by atoms with Gasteiger partial charge in [-0.15, -0.1) is 0 Å². The third kappa shape index (κ3) is 9.22. The van der Waals surface area contributed by atoms with Gasteiger partial charge in [0.05, 0.1) is 12.5 Å². The van der Waals surface area contributed by atoms with E-state index in [1.165, 1.54) is 0 Å². The van der Waals surface area contributed by atoms with Gasteiger partial charge in [0.15, 0.2) is 0 Å². The monoisotopic (exact) mass is 378 g/mol. The van der Waals surface area contributed by atoms with Gasteiger partial charge in [-0.2, -0.15) is 0 Å². The molecule has 0 aromatic carbocycles. The number of esters is 1. The molecule has 0 aromatic heterocycles. The molecule has 0 spiro atoms. The molecule has 0 heterocycles. The number of carbonyl (C=O) groups excluding carboxylic acids is 1. The Hall–Kier alpha value is -0.343. The zero-order chi connectivity index (χ0) is 18.4. The number of thiocarbonyl (C=S) groups is 1. The fourth-order valence-electron chi connectivity index (χ4n) is 2.29. The van der Waals surface area contributed by atoms with Crippen molar-refractivity contribution in [3.8, 4) is 0 Å². The number of carbonyl (C=O) groups is 1. The van der Waals surface area contributed by atoms with Crippen LogP contribution in [0.15, 0.2) is 0 Å². The topological polar surface area (TPSA) is 54.0 Å². The molecule has 0 radical (unpaired) electrons. The first-order chi connectivity index (χ1) is 11.5.